The molecule has 0 amide bonds. The van der Waals surface area contributed by atoms with E-state index in [0.717, 1.165) is 0 Å². The van der Waals surface area contributed by atoms with E-state index in [1.165, 1.54) is 20.1 Å². The summed E-state index contributed by atoms with van der Waals surface area (Å²) >= 11 is 0. The molecule has 6 nitrogen and oxygen atoms in total. The molecule has 21 heavy (non-hydrogen) atoms. The molecule has 3 rings (SSSR count). The molecule has 0 saturated carbocycles. The smallest absolute Gasteiger partial charge is 0.347 e. The summed E-state index contributed by atoms with van der Waals surface area (Å²) in [5.74, 6) is 0.631. The zero-order chi connectivity index (χ0) is 15.1. The third kappa shape index (κ3) is 2.50. The third-order valence-electron chi connectivity index (χ3n) is 3.49. The fraction of sp³-hybridized carbons (Fsp3) is 0.333. The van der Waals surface area contributed by atoms with E-state index in [1.807, 2.05) is 0 Å². The second-order valence-electron chi connectivity index (χ2n) is 5.02. The number of methoxy groups -OCH3 is 1. The molecule has 0 bridgehead atoms. The summed E-state index contributed by atoms with van der Waals surface area (Å²) in [5.41, 5.74) is -0.623. The van der Waals surface area contributed by atoms with Crippen LogP contribution in [0.5, 0.6) is 11.5 Å². The van der Waals surface area contributed by atoms with Crippen LogP contribution in [0, 0.1) is 0 Å². The van der Waals surface area contributed by atoms with Crippen molar-refractivity contribution in [1.29, 1.82) is 0 Å². The Morgan fingerprint density at radius 3 is 2.76 bits per heavy atom. The average molecular weight is 290 g/mol. The summed E-state index contributed by atoms with van der Waals surface area (Å²) < 4.78 is 15.5. The highest BCUT2D eigenvalue weighted by Crippen LogP contribution is 2.31. The van der Waals surface area contributed by atoms with Gasteiger partial charge >= 0.3 is 5.63 Å². The summed E-state index contributed by atoms with van der Waals surface area (Å²) in [6.45, 7) is 1.46. The zero-order valence-corrected chi connectivity index (χ0v) is 11.6. The Labute approximate surface area is 119 Å². The molecule has 0 spiro atoms. The summed E-state index contributed by atoms with van der Waals surface area (Å²) in [6, 6.07) is 4.65. The number of ether oxygens (including phenoxy) is 2. The Morgan fingerprint density at radius 1 is 1.38 bits per heavy atom. The highest BCUT2D eigenvalue weighted by molar-refractivity contribution is 5.88. The minimum absolute atomic E-state index is 0.0394. The van der Waals surface area contributed by atoms with Crippen molar-refractivity contribution < 1.29 is 23.8 Å². The molecule has 2 aromatic rings. The monoisotopic (exact) mass is 290 g/mol. The molecule has 1 aliphatic heterocycles. The number of rotatable bonds is 4. The molecule has 1 N–H and O–H groups in total. The number of fused-ring (bicyclic) bond motifs is 1. The molecule has 2 atom stereocenters. The van der Waals surface area contributed by atoms with Crippen molar-refractivity contribution in [2.45, 2.75) is 25.6 Å². The van der Waals surface area contributed by atoms with Gasteiger partial charge in [0.15, 0.2) is 5.78 Å². The summed E-state index contributed by atoms with van der Waals surface area (Å²) in [5, 5.41) is 10.5. The van der Waals surface area contributed by atoms with Crippen LogP contribution in [-0.4, -0.2) is 30.2 Å². The van der Waals surface area contributed by atoms with Gasteiger partial charge in [-0.3, -0.25) is 4.79 Å². The maximum absolute atomic E-state index is 12.0. The number of aromatic hydroxyl groups is 1. The third-order valence-corrected chi connectivity index (χ3v) is 3.49. The van der Waals surface area contributed by atoms with E-state index in [0.29, 0.717) is 23.3 Å². The lowest BCUT2D eigenvalue weighted by molar-refractivity contribution is -0.118. The number of carbonyl (C=O) groups excluding carboxylic acids is 1. The van der Waals surface area contributed by atoms with Crippen molar-refractivity contribution >= 4 is 16.6 Å². The average Bonchev–Trinajstić information content (AvgIpc) is 3.17. The molecular weight excluding hydrogens is 276 g/mol. The first-order valence-electron chi connectivity index (χ1n) is 6.49. The van der Waals surface area contributed by atoms with Gasteiger partial charge in [-0.15, -0.1) is 0 Å². The number of hydrogen-bond donors (Lipinski definition) is 1. The number of benzene rings is 1. The van der Waals surface area contributed by atoms with E-state index >= 15 is 0 Å². The maximum atomic E-state index is 12.0. The van der Waals surface area contributed by atoms with Gasteiger partial charge in [0.1, 0.15) is 28.7 Å². The molecule has 1 aromatic carbocycles. The lowest BCUT2D eigenvalue weighted by Gasteiger charge is -2.05. The van der Waals surface area contributed by atoms with Crippen molar-refractivity contribution in [2.24, 2.45) is 0 Å². The van der Waals surface area contributed by atoms with Crippen LogP contribution in [0.15, 0.2) is 27.4 Å². The van der Waals surface area contributed by atoms with Gasteiger partial charge in [0.05, 0.1) is 13.2 Å². The fourth-order valence-corrected chi connectivity index (χ4v) is 2.40. The minimum atomic E-state index is -0.623. The van der Waals surface area contributed by atoms with E-state index < -0.39 is 11.7 Å². The number of Topliss-reactive ketones (excluding diaryl/α,β-unsaturated/α-hetero) is 1. The van der Waals surface area contributed by atoms with Crippen LogP contribution in [0.3, 0.4) is 0 Å². The lowest BCUT2D eigenvalue weighted by Crippen LogP contribution is -2.09. The number of carbonyl (C=O) groups is 1. The number of ketones is 1. The first-order chi connectivity index (χ1) is 9.99. The standard InChI is InChI=1S/C15H14O6/c1-7(16)14-12(21-14)6-10-4-8-3-9(19-2)5-11(17)13(8)15(18)20-10/h3-5,12,14,17H,6H2,1-2H3/t12-,14+/m0/s1. The molecule has 2 heterocycles. The highest BCUT2D eigenvalue weighted by atomic mass is 16.6. The SMILES string of the molecule is COc1cc(O)c2c(=O)oc(C[C@@H]3O[C@@H]3C(C)=O)cc2c1. The zero-order valence-electron chi connectivity index (χ0n) is 11.6. The maximum Gasteiger partial charge on any atom is 0.347 e. The molecule has 0 unspecified atom stereocenters. The summed E-state index contributed by atoms with van der Waals surface area (Å²) in [6.07, 6.45) is -0.319. The second kappa shape index (κ2) is 4.89. The van der Waals surface area contributed by atoms with Crippen molar-refractivity contribution in [3.05, 3.63) is 34.4 Å². The molecule has 1 aliphatic rings. The predicted molar refractivity (Wildman–Crippen MR) is 73.7 cm³/mol. The van der Waals surface area contributed by atoms with Gasteiger partial charge in [-0.25, -0.2) is 4.79 Å². The normalized spacial score (nSPS) is 20.5. The molecule has 1 fully saturated rings. The van der Waals surface area contributed by atoms with Crippen LogP contribution in [0.2, 0.25) is 0 Å². The molecular formula is C15H14O6. The number of phenols is 1. The van der Waals surface area contributed by atoms with Crippen LogP contribution in [-0.2, 0) is 16.0 Å². The van der Waals surface area contributed by atoms with Crippen LogP contribution in [0.1, 0.15) is 12.7 Å². The second-order valence-corrected chi connectivity index (χ2v) is 5.02. The van der Waals surface area contributed by atoms with Gasteiger partial charge < -0.3 is 19.0 Å². The van der Waals surface area contributed by atoms with Gasteiger partial charge in [0, 0.05) is 12.5 Å². The van der Waals surface area contributed by atoms with E-state index in [4.69, 9.17) is 13.9 Å². The highest BCUT2D eigenvalue weighted by Gasteiger charge is 2.43. The van der Waals surface area contributed by atoms with Gasteiger partial charge in [-0.2, -0.15) is 0 Å². The van der Waals surface area contributed by atoms with Gasteiger partial charge in [-0.1, -0.05) is 0 Å². The Morgan fingerprint density at radius 2 is 2.14 bits per heavy atom. The first kappa shape index (κ1) is 13.6. The predicted octanol–water partition coefficient (Wildman–Crippen LogP) is 1.41. The van der Waals surface area contributed by atoms with Crippen LogP contribution in [0.25, 0.3) is 10.8 Å². The molecule has 110 valence electrons. The molecule has 0 radical (unpaired) electrons. The molecule has 1 aromatic heterocycles. The van der Waals surface area contributed by atoms with E-state index in [-0.39, 0.29) is 23.0 Å². The Kier molecular flexibility index (Phi) is 3.17. The van der Waals surface area contributed by atoms with E-state index in [1.54, 1.807) is 12.1 Å². The first-order valence-corrected chi connectivity index (χ1v) is 6.49. The van der Waals surface area contributed by atoms with E-state index in [2.05, 4.69) is 0 Å². The number of hydrogen-bond acceptors (Lipinski definition) is 6. The fourth-order valence-electron chi connectivity index (χ4n) is 2.40. The van der Waals surface area contributed by atoms with Crippen LogP contribution < -0.4 is 10.4 Å². The minimum Gasteiger partial charge on any atom is -0.507 e. The van der Waals surface area contributed by atoms with Crippen LogP contribution >= 0.6 is 0 Å². The van der Waals surface area contributed by atoms with E-state index in [9.17, 15) is 14.7 Å². The Balaban J connectivity index is 1.98. The Hall–Kier alpha value is -2.34. The van der Waals surface area contributed by atoms with Gasteiger partial charge in [0.25, 0.3) is 0 Å². The van der Waals surface area contributed by atoms with Crippen molar-refractivity contribution in [1.82, 2.24) is 0 Å². The number of phenolic OH excluding ortho intramolecular Hbond substituents is 1. The largest absolute Gasteiger partial charge is 0.507 e. The van der Waals surface area contributed by atoms with Crippen molar-refractivity contribution in [3.63, 3.8) is 0 Å². The van der Waals surface area contributed by atoms with Crippen LogP contribution in [0.4, 0.5) is 0 Å². The summed E-state index contributed by atoms with van der Waals surface area (Å²) in [4.78, 5) is 23.1. The Bertz CT molecular complexity index is 776. The van der Waals surface area contributed by atoms with Gasteiger partial charge in [0.2, 0.25) is 0 Å². The quantitative estimate of drug-likeness (QED) is 0.856. The lowest BCUT2D eigenvalue weighted by atomic mass is 10.1. The molecule has 0 aliphatic carbocycles. The van der Waals surface area contributed by atoms with Crippen molar-refractivity contribution in [3.8, 4) is 11.5 Å². The summed E-state index contributed by atoms with van der Waals surface area (Å²) in [7, 11) is 1.47. The van der Waals surface area contributed by atoms with Gasteiger partial charge in [-0.05, 0) is 24.4 Å². The molecule has 6 heteroatoms. The van der Waals surface area contributed by atoms with Crippen molar-refractivity contribution in [2.75, 3.05) is 7.11 Å². The molecule has 1 saturated heterocycles. The topological polar surface area (TPSA) is 89.3 Å². The number of epoxide rings is 1.